The van der Waals surface area contributed by atoms with E-state index < -0.39 is 0 Å². The highest BCUT2D eigenvalue weighted by Crippen LogP contribution is 2.27. The first kappa shape index (κ1) is 22.6. The lowest BCUT2D eigenvalue weighted by molar-refractivity contribution is -0.110. The summed E-state index contributed by atoms with van der Waals surface area (Å²) in [6.07, 6.45) is 9.17. The molecule has 0 saturated heterocycles. The minimum atomic E-state index is -0.186. The third-order valence-corrected chi connectivity index (χ3v) is 4.18. The van der Waals surface area contributed by atoms with E-state index in [1.54, 1.807) is 42.5 Å². The second kappa shape index (κ2) is 11.4. The van der Waals surface area contributed by atoms with Crippen molar-refractivity contribution in [2.75, 3.05) is 20.8 Å². The lowest BCUT2D eigenvalue weighted by atomic mass is 10.1. The van der Waals surface area contributed by atoms with Gasteiger partial charge < -0.3 is 25.0 Å². The zero-order valence-electron chi connectivity index (χ0n) is 17.4. The zero-order chi connectivity index (χ0) is 21.9. The highest BCUT2D eigenvalue weighted by atomic mass is 16.5. The lowest BCUT2D eigenvalue weighted by Gasteiger charge is -2.06. The van der Waals surface area contributed by atoms with Crippen molar-refractivity contribution in [3.8, 4) is 23.0 Å². The van der Waals surface area contributed by atoms with Crippen LogP contribution in [0.1, 0.15) is 24.5 Å². The molecule has 0 aliphatic carbocycles. The van der Waals surface area contributed by atoms with Crippen LogP contribution in [-0.2, 0) is 4.79 Å². The second-order valence-electron chi connectivity index (χ2n) is 6.46. The van der Waals surface area contributed by atoms with Crippen molar-refractivity contribution in [3.05, 3.63) is 71.5 Å². The number of nitrogens with one attached hydrogen (secondary N) is 1. The highest BCUT2D eigenvalue weighted by molar-refractivity contribution is 6.02. The van der Waals surface area contributed by atoms with Crippen LogP contribution in [-0.4, -0.2) is 36.8 Å². The molecule has 0 radical (unpaired) electrons. The van der Waals surface area contributed by atoms with Crippen LogP contribution in [0.25, 0.3) is 12.2 Å². The Balaban J connectivity index is 2.17. The monoisotopic (exact) mass is 409 g/mol. The van der Waals surface area contributed by atoms with Crippen molar-refractivity contribution < 1.29 is 24.5 Å². The molecule has 0 aromatic heterocycles. The molecule has 0 saturated carbocycles. The maximum atomic E-state index is 12.4. The summed E-state index contributed by atoms with van der Waals surface area (Å²) in [5.41, 5.74) is 2.23. The van der Waals surface area contributed by atoms with Gasteiger partial charge in [0.15, 0.2) is 28.8 Å². The molecule has 0 amide bonds. The van der Waals surface area contributed by atoms with Gasteiger partial charge in [0.05, 0.1) is 14.2 Å². The maximum absolute atomic E-state index is 12.4. The van der Waals surface area contributed by atoms with Gasteiger partial charge in [-0.2, -0.15) is 0 Å². The fourth-order valence-electron chi connectivity index (χ4n) is 2.59. The van der Waals surface area contributed by atoms with Crippen molar-refractivity contribution in [2.24, 2.45) is 0 Å². The van der Waals surface area contributed by atoms with Gasteiger partial charge in [-0.1, -0.05) is 31.2 Å². The first-order valence-electron chi connectivity index (χ1n) is 9.56. The van der Waals surface area contributed by atoms with Crippen LogP contribution in [0.15, 0.2) is 60.3 Å². The molecule has 2 aromatic rings. The Hall–Kier alpha value is -3.67. The number of rotatable bonds is 10. The molecule has 0 spiro atoms. The van der Waals surface area contributed by atoms with E-state index in [1.165, 1.54) is 32.4 Å². The minimum Gasteiger partial charge on any atom is -0.504 e. The van der Waals surface area contributed by atoms with Crippen molar-refractivity contribution in [1.82, 2.24) is 5.32 Å². The molecule has 0 fully saturated rings. The molecular formula is C24H27NO5. The number of carbonyl (C=O) groups excluding carboxylic acids is 1. The number of methoxy groups -OCH3 is 2. The summed E-state index contributed by atoms with van der Waals surface area (Å²) in [6, 6.07) is 9.88. The van der Waals surface area contributed by atoms with Crippen LogP contribution in [0.5, 0.6) is 23.0 Å². The van der Waals surface area contributed by atoms with Crippen LogP contribution in [0.4, 0.5) is 0 Å². The van der Waals surface area contributed by atoms with E-state index in [4.69, 9.17) is 9.47 Å². The van der Waals surface area contributed by atoms with Crippen molar-refractivity contribution in [1.29, 1.82) is 0 Å². The maximum Gasteiger partial charge on any atom is 0.180 e. The Morgan fingerprint density at radius 3 is 1.97 bits per heavy atom. The average Bonchev–Trinajstić information content (AvgIpc) is 2.75. The summed E-state index contributed by atoms with van der Waals surface area (Å²) in [7, 11) is 2.96. The highest BCUT2D eigenvalue weighted by Gasteiger charge is 2.03. The standard InChI is InChI=1S/C24H27NO5/c1-4-13-25-19(9-5-17-7-11-21(27)23(14-17)29-2)16-20(26)10-6-18-8-12-22(28)24(15-18)30-3/h5-12,14-16,25,27-28H,4,13H2,1-3H3/b9-5+,10-6+,19-16-. The fourth-order valence-corrected chi connectivity index (χ4v) is 2.59. The summed E-state index contributed by atoms with van der Waals surface area (Å²) < 4.78 is 10.2. The number of benzene rings is 2. The Kier molecular flexibility index (Phi) is 8.56. The van der Waals surface area contributed by atoms with E-state index in [9.17, 15) is 15.0 Å². The van der Waals surface area contributed by atoms with Crippen molar-refractivity contribution in [2.45, 2.75) is 13.3 Å². The van der Waals surface area contributed by atoms with Gasteiger partial charge in [-0.3, -0.25) is 4.79 Å². The first-order valence-corrected chi connectivity index (χ1v) is 9.56. The van der Waals surface area contributed by atoms with Gasteiger partial charge in [-0.25, -0.2) is 0 Å². The second-order valence-corrected chi connectivity index (χ2v) is 6.46. The fraction of sp³-hybridized carbons (Fsp3) is 0.208. The topological polar surface area (TPSA) is 88.0 Å². The summed E-state index contributed by atoms with van der Waals surface area (Å²) in [5, 5.41) is 22.6. The molecule has 0 bridgehead atoms. The van der Waals surface area contributed by atoms with Crippen LogP contribution in [0.3, 0.4) is 0 Å². The average molecular weight is 409 g/mol. The smallest absolute Gasteiger partial charge is 0.180 e. The van der Waals surface area contributed by atoms with E-state index in [-0.39, 0.29) is 17.3 Å². The first-order chi connectivity index (χ1) is 14.5. The van der Waals surface area contributed by atoms with Crippen molar-refractivity contribution in [3.63, 3.8) is 0 Å². The van der Waals surface area contributed by atoms with Crippen LogP contribution < -0.4 is 14.8 Å². The van der Waals surface area contributed by atoms with Gasteiger partial charge >= 0.3 is 0 Å². The molecule has 0 unspecified atom stereocenters. The van der Waals surface area contributed by atoms with Crippen LogP contribution >= 0.6 is 0 Å². The predicted molar refractivity (Wildman–Crippen MR) is 119 cm³/mol. The lowest BCUT2D eigenvalue weighted by Crippen LogP contribution is -2.13. The number of allylic oxidation sites excluding steroid dienone is 3. The number of ketones is 1. The van der Waals surface area contributed by atoms with E-state index in [2.05, 4.69) is 5.32 Å². The number of aromatic hydroxyl groups is 2. The van der Waals surface area contributed by atoms with E-state index >= 15 is 0 Å². The normalized spacial score (nSPS) is 11.8. The molecule has 158 valence electrons. The molecule has 0 aliphatic heterocycles. The Morgan fingerprint density at radius 2 is 1.47 bits per heavy atom. The predicted octanol–water partition coefficient (Wildman–Crippen LogP) is 4.29. The van der Waals surface area contributed by atoms with E-state index in [1.807, 2.05) is 13.0 Å². The zero-order valence-corrected chi connectivity index (χ0v) is 17.4. The third-order valence-electron chi connectivity index (χ3n) is 4.18. The molecular weight excluding hydrogens is 382 g/mol. The number of carbonyl (C=O) groups is 1. The van der Waals surface area contributed by atoms with Gasteiger partial charge in [-0.15, -0.1) is 0 Å². The summed E-state index contributed by atoms with van der Waals surface area (Å²) in [4.78, 5) is 12.4. The van der Waals surface area contributed by atoms with Crippen LogP contribution in [0.2, 0.25) is 0 Å². The molecule has 2 aromatic carbocycles. The van der Waals surface area contributed by atoms with Crippen LogP contribution in [0, 0.1) is 0 Å². The molecule has 3 N–H and O–H groups in total. The molecule has 6 nitrogen and oxygen atoms in total. The minimum absolute atomic E-state index is 0.0444. The number of hydrogen-bond donors (Lipinski definition) is 3. The van der Waals surface area contributed by atoms with Gasteiger partial charge in [0, 0.05) is 18.3 Å². The largest absolute Gasteiger partial charge is 0.504 e. The SMILES string of the molecule is CCCNC(=C\C(=O)/C=C/c1ccc(O)c(OC)c1)/C=C/c1ccc(O)c(OC)c1. The number of ether oxygens (including phenoxy) is 2. The molecule has 0 atom stereocenters. The molecule has 6 heteroatoms. The summed E-state index contributed by atoms with van der Waals surface area (Å²) in [6.45, 7) is 2.76. The number of phenols is 2. The van der Waals surface area contributed by atoms with Gasteiger partial charge in [0.2, 0.25) is 0 Å². The van der Waals surface area contributed by atoms with Gasteiger partial charge in [-0.05, 0) is 54.0 Å². The Bertz CT molecular complexity index is 960. The van der Waals surface area contributed by atoms with Crippen molar-refractivity contribution >= 4 is 17.9 Å². The molecule has 30 heavy (non-hydrogen) atoms. The van der Waals surface area contributed by atoms with E-state index in [0.29, 0.717) is 17.2 Å². The quantitative estimate of drug-likeness (QED) is 0.401. The van der Waals surface area contributed by atoms with Gasteiger partial charge in [0.1, 0.15) is 0 Å². The Morgan fingerprint density at radius 1 is 0.933 bits per heavy atom. The molecule has 0 aliphatic rings. The van der Waals surface area contributed by atoms with E-state index in [0.717, 1.165) is 24.1 Å². The molecule has 2 rings (SSSR count). The number of phenolic OH excluding ortho intramolecular Hbond substituents is 2. The summed E-state index contributed by atoms with van der Waals surface area (Å²) in [5.74, 6) is 0.655. The third kappa shape index (κ3) is 6.74. The Labute approximate surface area is 176 Å². The summed E-state index contributed by atoms with van der Waals surface area (Å²) >= 11 is 0. The molecule has 0 heterocycles. The number of hydrogen-bond acceptors (Lipinski definition) is 6. The van der Waals surface area contributed by atoms with Gasteiger partial charge in [0.25, 0.3) is 0 Å².